The van der Waals surface area contributed by atoms with Gasteiger partial charge in [-0.3, -0.25) is 4.79 Å². The maximum Gasteiger partial charge on any atom is 0.373 e. The number of carbonyl (C=O) groups excluding carboxylic acids is 2. The summed E-state index contributed by atoms with van der Waals surface area (Å²) in [5, 5.41) is 0. The highest BCUT2D eigenvalue weighted by molar-refractivity contribution is 5.96. The second kappa shape index (κ2) is 5.74. The van der Waals surface area contributed by atoms with Gasteiger partial charge in [-0.05, 0) is 37.1 Å². The highest BCUT2D eigenvalue weighted by Gasteiger charge is 2.17. The van der Waals surface area contributed by atoms with Crippen LogP contribution < -0.4 is 0 Å². The summed E-state index contributed by atoms with van der Waals surface area (Å²) in [5.74, 6) is -0.534. The topological polar surface area (TPSA) is 56.5 Å². The Bertz CT molecular complexity index is 652. The first-order valence-corrected chi connectivity index (χ1v) is 6.28. The molecule has 0 saturated heterocycles. The number of hydrogen-bond acceptors (Lipinski definition) is 4. The minimum Gasteiger partial charge on any atom is -0.463 e. The van der Waals surface area contributed by atoms with E-state index >= 15 is 0 Å². The van der Waals surface area contributed by atoms with E-state index in [2.05, 4.69) is 4.74 Å². The maximum absolute atomic E-state index is 12.2. The Kier molecular flexibility index (Phi) is 4.03. The smallest absolute Gasteiger partial charge is 0.373 e. The number of esters is 1. The molecule has 0 N–H and O–H groups in total. The SMILES string of the molecule is COC(=O)c1ccc(C(=O)Cc2cc(C)ccc2C)o1. The molecule has 20 heavy (non-hydrogen) atoms. The molecule has 0 bridgehead atoms. The maximum atomic E-state index is 12.2. The van der Waals surface area contributed by atoms with Crippen molar-refractivity contribution in [1.82, 2.24) is 0 Å². The van der Waals surface area contributed by atoms with E-state index in [0.29, 0.717) is 0 Å². The fourth-order valence-corrected chi connectivity index (χ4v) is 1.95. The Labute approximate surface area is 117 Å². The molecule has 4 heteroatoms. The van der Waals surface area contributed by atoms with Gasteiger partial charge in [0, 0.05) is 6.42 Å². The number of hydrogen-bond donors (Lipinski definition) is 0. The van der Waals surface area contributed by atoms with Crippen molar-refractivity contribution in [3.63, 3.8) is 0 Å². The van der Waals surface area contributed by atoms with Crippen LogP contribution in [0.15, 0.2) is 34.7 Å². The number of benzene rings is 1. The van der Waals surface area contributed by atoms with Gasteiger partial charge in [0.2, 0.25) is 11.5 Å². The van der Waals surface area contributed by atoms with E-state index in [4.69, 9.17) is 4.42 Å². The van der Waals surface area contributed by atoms with Gasteiger partial charge in [-0.15, -0.1) is 0 Å². The summed E-state index contributed by atoms with van der Waals surface area (Å²) in [6.07, 6.45) is 0.252. The molecule has 1 heterocycles. The van der Waals surface area contributed by atoms with E-state index in [1.54, 1.807) is 0 Å². The molecule has 0 unspecified atom stereocenters. The van der Waals surface area contributed by atoms with Gasteiger partial charge in [0.1, 0.15) is 0 Å². The zero-order chi connectivity index (χ0) is 14.7. The summed E-state index contributed by atoms with van der Waals surface area (Å²) in [7, 11) is 1.27. The molecule has 0 amide bonds. The van der Waals surface area contributed by atoms with Gasteiger partial charge >= 0.3 is 5.97 Å². The number of Topliss-reactive ketones (excluding diaryl/α,β-unsaturated/α-hetero) is 1. The summed E-state index contributed by atoms with van der Waals surface area (Å²) >= 11 is 0. The molecule has 0 aliphatic carbocycles. The number of ether oxygens (including phenoxy) is 1. The van der Waals surface area contributed by atoms with E-state index in [1.807, 2.05) is 32.0 Å². The summed E-state index contributed by atoms with van der Waals surface area (Å²) in [5.41, 5.74) is 3.13. The van der Waals surface area contributed by atoms with Crippen LogP contribution in [0, 0.1) is 13.8 Å². The van der Waals surface area contributed by atoms with Crippen molar-refractivity contribution in [3.05, 3.63) is 58.5 Å². The van der Waals surface area contributed by atoms with E-state index in [9.17, 15) is 9.59 Å². The van der Waals surface area contributed by atoms with Crippen LogP contribution in [-0.2, 0) is 11.2 Å². The first kappa shape index (κ1) is 14.1. The van der Waals surface area contributed by atoms with Gasteiger partial charge in [-0.1, -0.05) is 23.8 Å². The third kappa shape index (κ3) is 2.96. The summed E-state index contributed by atoms with van der Waals surface area (Å²) in [6, 6.07) is 8.92. The van der Waals surface area contributed by atoms with E-state index in [0.717, 1.165) is 16.7 Å². The normalized spacial score (nSPS) is 10.3. The minimum atomic E-state index is -0.587. The molecule has 0 fully saturated rings. The summed E-state index contributed by atoms with van der Waals surface area (Å²) < 4.78 is 9.75. The molecule has 0 spiro atoms. The fraction of sp³-hybridized carbons (Fsp3) is 0.250. The third-order valence-electron chi connectivity index (χ3n) is 3.12. The average Bonchev–Trinajstić information content (AvgIpc) is 2.91. The molecule has 0 atom stereocenters. The Balaban J connectivity index is 2.18. The minimum absolute atomic E-state index is 0.0387. The van der Waals surface area contributed by atoms with E-state index in [-0.39, 0.29) is 23.7 Å². The second-order valence-electron chi connectivity index (χ2n) is 4.69. The lowest BCUT2D eigenvalue weighted by Crippen LogP contribution is -2.04. The molecule has 1 aromatic carbocycles. The Morgan fingerprint density at radius 1 is 1.10 bits per heavy atom. The van der Waals surface area contributed by atoms with Gasteiger partial charge in [0.15, 0.2) is 5.76 Å². The number of aryl methyl sites for hydroxylation is 2. The van der Waals surface area contributed by atoms with Crippen molar-refractivity contribution in [1.29, 1.82) is 0 Å². The lowest BCUT2D eigenvalue weighted by molar-refractivity contribution is 0.0563. The van der Waals surface area contributed by atoms with Crippen molar-refractivity contribution in [2.75, 3.05) is 7.11 Å². The molecule has 0 radical (unpaired) electrons. The van der Waals surface area contributed by atoms with Crippen LogP contribution in [0.3, 0.4) is 0 Å². The van der Waals surface area contributed by atoms with Crippen LogP contribution in [0.2, 0.25) is 0 Å². The molecular weight excluding hydrogens is 256 g/mol. The predicted octanol–water partition coefficient (Wildman–Crippen LogP) is 3.11. The monoisotopic (exact) mass is 272 g/mol. The Morgan fingerprint density at radius 3 is 2.50 bits per heavy atom. The molecule has 2 rings (SSSR count). The van der Waals surface area contributed by atoms with E-state index in [1.165, 1.54) is 19.2 Å². The number of rotatable bonds is 4. The second-order valence-corrected chi connectivity index (χ2v) is 4.69. The van der Waals surface area contributed by atoms with Crippen molar-refractivity contribution in [2.24, 2.45) is 0 Å². The van der Waals surface area contributed by atoms with Crippen molar-refractivity contribution >= 4 is 11.8 Å². The fourth-order valence-electron chi connectivity index (χ4n) is 1.95. The Hall–Kier alpha value is -2.36. The van der Waals surface area contributed by atoms with Gasteiger partial charge in [-0.25, -0.2) is 4.79 Å². The largest absolute Gasteiger partial charge is 0.463 e. The number of methoxy groups -OCH3 is 1. The zero-order valence-corrected chi connectivity index (χ0v) is 11.7. The van der Waals surface area contributed by atoms with Crippen LogP contribution in [-0.4, -0.2) is 18.9 Å². The van der Waals surface area contributed by atoms with Gasteiger partial charge < -0.3 is 9.15 Å². The quantitative estimate of drug-likeness (QED) is 0.634. The highest BCUT2D eigenvalue weighted by Crippen LogP contribution is 2.16. The standard InChI is InChI=1S/C16H16O4/c1-10-4-5-11(2)12(8-10)9-13(17)14-6-7-15(20-14)16(18)19-3/h4-8H,9H2,1-3H3. The Morgan fingerprint density at radius 2 is 1.80 bits per heavy atom. The van der Waals surface area contributed by atoms with E-state index < -0.39 is 5.97 Å². The summed E-state index contributed by atoms with van der Waals surface area (Å²) in [6.45, 7) is 3.94. The zero-order valence-electron chi connectivity index (χ0n) is 11.7. The third-order valence-corrected chi connectivity index (χ3v) is 3.12. The molecule has 0 saturated carbocycles. The molecule has 1 aromatic heterocycles. The molecule has 104 valence electrons. The van der Waals surface area contributed by atoms with Crippen LogP contribution in [0.1, 0.15) is 37.8 Å². The molecular formula is C16H16O4. The molecule has 4 nitrogen and oxygen atoms in total. The van der Waals surface area contributed by atoms with Crippen molar-refractivity contribution in [2.45, 2.75) is 20.3 Å². The first-order chi connectivity index (χ1) is 9.51. The number of carbonyl (C=O) groups is 2. The molecule has 0 aliphatic rings. The van der Waals surface area contributed by atoms with Crippen LogP contribution in [0.5, 0.6) is 0 Å². The average molecular weight is 272 g/mol. The van der Waals surface area contributed by atoms with Gasteiger partial charge in [0.25, 0.3) is 0 Å². The van der Waals surface area contributed by atoms with Crippen LogP contribution in [0.25, 0.3) is 0 Å². The molecule has 0 aliphatic heterocycles. The lowest BCUT2D eigenvalue weighted by Gasteiger charge is -2.05. The molecule has 2 aromatic rings. The number of furan rings is 1. The number of ketones is 1. The van der Waals surface area contributed by atoms with Crippen molar-refractivity contribution in [3.8, 4) is 0 Å². The van der Waals surface area contributed by atoms with Crippen LogP contribution >= 0.6 is 0 Å². The first-order valence-electron chi connectivity index (χ1n) is 6.28. The predicted molar refractivity (Wildman–Crippen MR) is 74.0 cm³/mol. The highest BCUT2D eigenvalue weighted by atomic mass is 16.5. The summed E-state index contributed by atoms with van der Waals surface area (Å²) in [4.78, 5) is 23.4. The lowest BCUT2D eigenvalue weighted by atomic mass is 10.0. The van der Waals surface area contributed by atoms with Crippen LogP contribution in [0.4, 0.5) is 0 Å². The van der Waals surface area contributed by atoms with Crippen molar-refractivity contribution < 1.29 is 18.7 Å². The van der Waals surface area contributed by atoms with Gasteiger partial charge in [-0.2, -0.15) is 0 Å². The van der Waals surface area contributed by atoms with Gasteiger partial charge in [0.05, 0.1) is 7.11 Å².